The Morgan fingerprint density at radius 1 is 1.25 bits per heavy atom. The Balaban J connectivity index is 2.74. The van der Waals surface area contributed by atoms with Gasteiger partial charge in [0.1, 0.15) is 6.54 Å². The third-order valence-electron chi connectivity index (χ3n) is 2.65. The third-order valence-corrected chi connectivity index (χ3v) is 2.65. The highest BCUT2D eigenvalue weighted by molar-refractivity contribution is 5.86. The molecule has 3 N–H and O–H groups in total. The molecule has 0 aromatic heterocycles. The molecule has 0 radical (unpaired) electrons. The Morgan fingerprint density at radius 2 is 1.85 bits per heavy atom. The number of carboxylic acids is 1. The molecule has 0 aliphatic rings. The van der Waals surface area contributed by atoms with Gasteiger partial charge in [0.25, 0.3) is 0 Å². The maximum atomic E-state index is 11.9. The predicted molar refractivity (Wildman–Crippen MR) is 72.0 cm³/mol. The van der Waals surface area contributed by atoms with Crippen molar-refractivity contribution in [2.45, 2.75) is 6.04 Å². The van der Waals surface area contributed by atoms with Gasteiger partial charge in [0.15, 0.2) is 6.04 Å². The van der Waals surface area contributed by atoms with Crippen molar-refractivity contribution in [3.63, 3.8) is 0 Å². The van der Waals surface area contributed by atoms with Crippen LogP contribution in [-0.2, 0) is 9.59 Å². The van der Waals surface area contributed by atoms with Crippen LogP contribution in [0.2, 0.25) is 0 Å². The second-order valence-electron chi connectivity index (χ2n) is 4.16. The van der Waals surface area contributed by atoms with E-state index in [-0.39, 0.29) is 12.5 Å². The van der Waals surface area contributed by atoms with Crippen molar-refractivity contribution in [3.05, 3.63) is 35.9 Å². The molecule has 7 nitrogen and oxygen atoms in total. The van der Waals surface area contributed by atoms with E-state index in [0.717, 1.165) is 4.90 Å². The summed E-state index contributed by atoms with van der Waals surface area (Å²) in [6.07, 6.45) is 0. The van der Waals surface area contributed by atoms with E-state index in [2.05, 4.69) is 10.6 Å². The topological polar surface area (TPSA) is 98.7 Å². The molecule has 3 amide bonds. The average molecular weight is 279 g/mol. The number of carbonyl (C=O) groups is 3. The smallest absolute Gasteiger partial charge is 0.330 e. The Morgan fingerprint density at radius 3 is 2.35 bits per heavy atom. The van der Waals surface area contributed by atoms with Gasteiger partial charge in [-0.05, 0) is 5.56 Å². The van der Waals surface area contributed by atoms with Gasteiger partial charge < -0.3 is 20.6 Å². The minimum absolute atomic E-state index is 0.149. The summed E-state index contributed by atoms with van der Waals surface area (Å²) < 4.78 is 0. The first-order valence-corrected chi connectivity index (χ1v) is 5.95. The minimum atomic E-state index is -1.17. The van der Waals surface area contributed by atoms with Gasteiger partial charge in [0.05, 0.1) is 0 Å². The van der Waals surface area contributed by atoms with Gasteiger partial charge in [-0.15, -0.1) is 0 Å². The molecule has 0 fully saturated rings. The van der Waals surface area contributed by atoms with E-state index in [0.29, 0.717) is 5.56 Å². The van der Waals surface area contributed by atoms with Crippen molar-refractivity contribution in [1.82, 2.24) is 15.5 Å². The van der Waals surface area contributed by atoms with Crippen LogP contribution in [0.3, 0.4) is 0 Å². The van der Waals surface area contributed by atoms with Crippen LogP contribution in [0.5, 0.6) is 0 Å². The Bertz CT molecular complexity index is 490. The molecule has 0 aliphatic heterocycles. The van der Waals surface area contributed by atoms with Crippen LogP contribution in [0, 0.1) is 0 Å². The molecule has 0 heterocycles. The molecular weight excluding hydrogens is 262 g/mol. The molecule has 20 heavy (non-hydrogen) atoms. The van der Waals surface area contributed by atoms with Gasteiger partial charge >= 0.3 is 12.0 Å². The van der Waals surface area contributed by atoms with Crippen LogP contribution in [0.25, 0.3) is 0 Å². The van der Waals surface area contributed by atoms with Gasteiger partial charge in [0.2, 0.25) is 5.91 Å². The molecule has 1 aromatic carbocycles. The Hall–Kier alpha value is -2.57. The summed E-state index contributed by atoms with van der Waals surface area (Å²) in [5, 5.41) is 13.9. The largest absolute Gasteiger partial charge is 0.479 e. The number of carboxylic acid groups (broad SMARTS) is 1. The van der Waals surface area contributed by atoms with E-state index in [4.69, 9.17) is 0 Å². The third kappa shape index (κ3) is 4.27. The number of amides is 3. The number of nitrogens with zero attached hydrogens (tertiary/aromatic N) is 1. The first-order chi connectivity index (χ1) is 9.45. The van der Waals surface area contributed by atoms with Crippen molar-refractivity contribution >= 4 is 17.9 Å². The number of hydrogen-bond donors (Lipinski definition) is 3. The molecule has 1 atom stereocenters. The zero-order valence-corrected chi connectivity index (χ0v) is 11.3. The fraction of sp³-hybridized carbons (Fsp3) is 0.308. The molecule has 1 aromatic rings. The highest BCUT2D eigenvalue weighted by Crippen LogP contribution is 2.12. The summed E-state index contributed by atoms with van der Waals surface area (Å²) >= 11 is 0. The fourth-order valence-corrected chi connectivity index (χ4v) is 1.53. The molecular formula is C13H17N3O4. The molecule has 0 bridgehead atoms. The Kier molecular flexibility index (Phi) is 5.52. The maximum Gasteiger partial charge on any atom is 0.330 e. The Labute approximate surface area is 116 Å². The zero-order chi connectivity index (χ0) is 15.1. The average Bonchev–Trinajstić information content (AvgIpc) is 2.44. The van der Waals surface area contributed by atoms with Crippen molar-refractivity contribution in [3.8, 4) is 0 Å². The number of hydrogen-bond acceptors (Lipinski definition) is 3. The number of urea groups is 1. The molecule has 108 valence electrons. The van der Waals surface area contributed by atoms with Gasteiger partial charge in [-0.1, -0.05) is 30.3 Å². The minimum Gasteiger partial charge on any atom is -0.479 e. The lowest BCUT2D eigenvalue weighted by Gasteiger charge is -2.21. The fourth-order valence-electron chi connectivity index (χ4n) is 1.53. The van der Waals surface area contributed by atoms with E-state index in [1.54, 1.807) is 30.3 Å². The van der Waals surface area contributed by atoms with Crippen molar-refractivity contribution in [2.75, 3.05) is 20.6 Å². The second-order valence-corrected chi connectivity index (χ2v) is 4.16. The lowest BCUT2D eigenvalue weighted by atomic mass is 10.1. The van der Waals surface area contributed by atoms with Gasteiger partial charge in [-0.3, -0.25) is 4.79 Å². The number of nitrogens with one attached hydrogen (secondary N) is 2. The monoisotopic (exact) mass is 279 g/mol. The lowest BCUT2D eigenvalue weighted by molar-refractivity contribution is -0.139. The van der Waals surface area contributed by atoms with Crippen LogP contribution in [0.15, 0.2) is 30.3 Å². The summed E-state index contributed by atoms with van der Waals surface area (Å²) in [4.78, 5) is 35.4. The molecule has 0 spiro atoms. The first-order valence-electron chi connectivity index (χ1n) is 5.95. The standard InChI is InChI=1S/C13H17N3O4/c1-14-10(17)8-16(2)13(20)15-11(12(18)19)9-6-4-3-5-7-9/h3-7,11H,8H2,1-2H3,(H,14,17)(H,15,20)(H,18,19)/t11-/m1/s1. The second kappa shape index (κ2) is 7.13. The number of rotatable bonds is 5. The summed E-state index contributed by atoms with van der Waals surface area (Å²) in [6.45, 7) is -0.149. The SMILES string of the molecule is CNC(=O)CN(C)C(=O)N[C@@H](C(=O)O)c1ccccc1. The number of aliphatic carboxylic acids is 1. The van der Waals surface area contributed by atoms with E-state index in [9.17, 15) is 19.5 Å². The molecule has 0 saturated heterocycles. The molecule has 0 unspecified atom stereocenters. The number of carbonyl (C=O) groups excluding carboxylic acids is 2. The molecule has 1 rings (SSSR count). The lowest BCUT2D eigenvalue weighted by Crippen LogP contribution is -2.45. The molecule has 7 heteroatoms. The summed E-state index contributed by atoms with van der Waals surface area (Å²) in [6, 6.07) is 6.55. The number of likely N-dealkylation sites (N-methyl/N-ethyl adjacent to an activating group) is 2. The van der Waals surface area contributed by atoms with Crippen LogP contribution in [0.4, 0.5) is 4.79 Å². The van der Waals surface area contributed by atoms with Gasteiger partial charge in [0, 0.05) is 14.1 Å². The van der Waals surface area contributed by atoms with Gasteiger partial charge in [-0.25, -0.2) is 9.59 Å². The van der Waals surface area contributed by atoms with Crippen molar-refractivity contribution in [2.24, 2.45) is 0 Å². The first kappa shape index (κ1) is 15.5. The van der Waals surface area contributed by atoms with E-state index in [1.165, 1.54) is 14.1 Å². The number of benzene rings is 1. The summed E-state index contributed by atoms with van der Waals surface area (Å²) in [5.41, 5.74) is 0.460. The van der Waals surface area contributed by atoms with Crippen LogP contribution in [0.1, 0.15) is 11.6 Å². The quantitative estimate of drug-likeness (QED) is 0.717. The van der Waals surface area contributed by atoms with Crippen LogP contribution in [-0.4, -0.2) is 48.6 Å². The molecule has 0 saturated carbocycles. The summed E-state index contributed by atoms with van der Waals surface area (Å²) in [7, 11) is 2.87. The predicted octanol–water partition coefficient (Wildman–Crippen LogP) is 0.200. The summed E-state index contributed by atoms with van der Waals surface area (Å²) in [5.74, 6) is -1.51. The maximum absolute atomic E-state index is 11.9. The van der Waals surface area contributed by atoms with Crippen LogP contribution < -0.4 is 10.6 Å². The normalized spacial score (nSPS) is 11.3. The highest BCUT2D eigenvalue weighted by atomic mass is 16.4. The highest BCUT2D eigenvalue weighted by Gasteiger charge is 2.23. The van der Waals surface area contributed by atoms with Crippen LogP contribution >= 0.6 is 0 Å². The van der Waals surface area contributed by atoms with E-state index >= 15 is 0 Å². The van der Waals surface area contributed by atoms with Crippen molar-refractivity contribution < 1.29 is 19.5 Å². The molecule has 0 aliphatic carbocycles. The van der Waals surface area contributed by atoms with Gasteiger partial charge in [-0.2, -0.15) is 0 Å². The zero-order valence-electron chi connectivity index (χ0n) is 11.3. The van der Waals surface area contributed by atoms with E-state index < -0.39 is 18.0 Å². The van der Waals surface area contributed by atoms with E-state index in [1.807, 2.05) is 0 Å². The van der Waals surface area contributed by atoms with Crippen molar-refractivity contribution in [1.29, 1.82) is 0 Å².